The lowest BCUT2D eigenvalue weighted by atomic mass is 9.77. The highest BCUT2D eigenvalue weighted by atomic mass is 19.3. The van der Waals surface area contributed by atoms with E-state index in [2.05, 4.69) is 47.8 Å². The molecule has 3 heteroatoms. The Morgan fingerprint density at radius 3 is 1.75 bits per heavy atom. The Bertz CT molecular complexity index is 899. The highest BCUT2D eigenvalue weighted by Crippen LogP contribution is 2.34. The number of aryl methyl sites for hydroxylation is 1. The van der Waals surface area contributed by atoms with E-state index in [-0.39, 0.29) is 5.75 Å². The van der Waals surface area contributed by atoms with Gasteiger partial charge in [0.2, 0.25) is 0 Å². The van der Waals surface area contributed by atoms with Gasteiger partial charge >= 0.3 is 6.61 Å². The fourth-order valence-corrected chi connectivity index (χ4v) is 5.37. The summed E-state index contributed by atoms with van der Waals surface area (Å²) in [7, 11) is 0. The van der Waals surface area contributed by atoms with Crippen LogP contribution in [0.2, 0.25) is 0 Å². The molecule has 1 aliphatic carbocycles. The number of alkyl halides is 2. The third kappa shape index (κ3) is 11.2. The molecule has 2 aromatic carbocycles. The first-order valence-corrected chi connectivity index (χ1v) is 14.3. The summed E-state index contributed by atoms with van der Waals surface area (Å²) in [6, 6.07) is 15.0. The topological polar surface area (TPSA) is 9.23 Å². The highest BCUT2D eigenvalue weighted by molar-refractivity contribution is 5.44. The van der Waals surface area contributed by atoms with Gasteiger partial charge in [-0.15, -0.1) is 0 Å². The maximum atomic E-state index is 12.2. The van der Waals surface area contributed by atoms with Crippen molar-refractivity contribution in [1.82, 2.24) is 0 Å². The smallest absolute Gasteiger partial charge is 0.387 e. The molecule has 0 amide bonds. The number of halogens is 2. The minimum atomic E-state index is -2.81. The van der Waals surface area contributed by atoms with E-state index >= 15 is 0 Å². The average Bonchev–Trinajstić information content (AvgIpc) is 2.89. The van der Waals surface area contributed by atoms with Gasteiger partial charge in [-0.2, -0.15) is 8.78 Å². The normalized spacial score (nSPS) is 17.6. The quantitative estimate of drug-likeness (QED) is 0.187. The summed E-state index contributed by atoms with van der Waals surface area (Å²) >= 11 is 0. The number of hydrogen-bond donors (Lipinski definition) is 0. The standard InChI is InChI=1S/C33H44F2O/c1-2-3-4-5-6-7-8-9-10-27-11-13-28(14-12-27)15-16-29-17-19-30(20-18-29)21-22-31-23-25-32(26-24-31)36-33(34)35/h17-20,23-28,33H,2-16H2,1H3. The van der Waals surface area contributed by atoms with Crippen LogP contribution in [0.3, 0.4) is 0 Å². The zero-order valence-electron chi connectivity index (χ0n) is 22.1. The summed E-state index contributed by atoms with van der Waals surface area (Å²) in [5.41, 5.74) is 3.13. The van der Waals surface area contributed by atoms with Crippen LogP contribution in [0.1, 0.15) is 114 Å². The first kappa shape index (κ1) is 28.2. The van der Waals surface area contributed by atoms with Crippen LogP contribution in [0.5, 0.6) is 5.75 Å². The van der Waals surface area contributed by atoms with Crippen LogP contribution in [0.15, 0.2) is 48.5 Å². The molecule has 0 aromatic heterocycles. The zero-order chi connectivity index (χ0) is 25.4. The third-order valence-corrected chi connectivity index (χ3v) is 7.66. The molecule has 0 N–H and O–H groups in total. The van der Waals surface area contributed by atoms with Gasteiger partial charge in [-0.05, 0) is 66.6 Å². The molecule has 2 aromatic rings. The van der Waals surface area contributed by atoms with Crippen LogP contribution < -0.4 is 4.74 Å². The first-order chi connectivity index (χ1) is 17.6. The van der Waals surface area contributed by atoms with Gasteiger partial charge in [0.25, 0.3) is 0 Å². The van der Waals surface area contributed by atoms with E-state index in [0.717, 1.165) is 29.4 Å². The summed E-state index contributed by atoms with van der Waals surface area (Å²) in [6.07, 6.45) is 21.0. The summed E-state index contributed by atoms with van der Waals surface area (Å²) in [6.45, 7) is -0.519. The molecular weight excluding hydrogens is 450 g/mol. The number of hydrogen-bond acceptors (Lipinski definition) is 1. The van der Waals surface area contributed by atoms with Gasteiger partial charge in [-0.25, -0.2) is 0 Å². The second-order valence-electron chi connectivity index (χ2n) is 10.5. The molecule has 0 bridgehead atoms. The van der Waals surface area contributed by atoms with Gasteiger partial charge in [-0.1, -0.05) is 114 Å². The van der Waals surface area contributed by atoms with E-state index in [9.17, 15) is 8.78 Å². The molecule has 1 nitrogen and oxygen atoms in total. The van der Waals surface area contributed by atoms with Gasteiger partial charge in [0.05, 0.1) is 0 Å². The number of rotatable bonds is 14. The SMILES string of the molecule is CCCCCCCCCCC1CCC(CCc2ccc(C#Cc3ccc(OC(F)F)cc3)cc2)CC1. The largest absolute Gasteiger partial charge is 0.435 e. The highest BCUT2D eigenvalue weighted by Gasteiger charge is 2.20. The Kier molecular flexibility index (Phi) is 12.9. The number of benzene rings is 2. The van der Waals surface area contributed by atoms with Gasteiger partial charge in [0.15, 0.2) is 0 Å². The molecule has 0 aliphatic heterocycles. The van der Waals surface area contributed by atoms with E-state index in [4.69, 9.17) is 0 Å². The Morgan fingerprint density at radius 2 is 1.19 bits per heavy atom. The van der Waals surface area contributed by atoms with E-state index < -0.39 is 6.61 Å². The van der Waals surface area contributed by atoms with Gasteiger partial charge in [-0.3, -0.25) is 0 Å². The molecule has 0 spiro atoms. The van der Waals surface area contributed by atoms with Gasteiger partial charge in [0.1, 0.15) is 5.75 Å². The second-order valence-corrected chi connectivity index (χ2v) is 10.5. The minimum absolute atomic E-state index is 0.150. The Morgan fingerprint density at radius 1 is 0.694 bits per heavy atom. The van der Waals surface area contributed by atoms with Gasteiger partial charge < -0.3 is 4.74 Å². The average molecular weight is 495 g/mol. The van der Waals surface area contributed by atoms with E-state index in [1.165, 1.54) is 108 Å². The summed E-state index contributed by atoms with van der Waals surface area (Å²) < 4.78 is 28.9. The van der Waals surface area contributed by atoms with Crippen molar-refractivity contribution in [3.05, 3.63) is 65.2 Å². The predicted molar refractivity (Wildman–Crippen MR) is 146 cm³/mol. The van der Waals surface area contributed by atoms with Crippen LogP contribution in [-0.2, 0) is 6.42 Å². The fourth-order valence-electron chi connectivity index (χ4n) is 5.37. The first-order valence-electron chi connectivity index (χ1n) is 14.3. The predicted octanol–water partition coefficient (Wildman–Crippen LogP) is 9.96. The van der Waals surface area contributed by atoms with Crippen molar-refractivity contribution >= 4 is 0 Å². The molecule has 0 radical (unpaired) electrons. The van der Waals surface area contributed by atoms with E-state index in [0.29, 0.717) is 0 Å². The molecule has 1 aliphatic rings. The Balaban J connectivity index is 1.29. The van der Waals surface area contributed by atoms with Crippen molar-refractivity contribution in [1.29, 1.82) is 0 Å². The fraction of sp³-hybridized carbons (Fsp3) is 0.576. The molecule has 3 rings (SSSR count). The molecule has 0 unspecified atom stereocenters. The van der Waals surface area contributed by atoms with Crippen molar-refractivity contribution in [2.75, 3.05) is 0 Å². The van der Waals surface area contributed by atoms with Crippen molar-refractivity contribution in [3.63, 3.8) is 0 Å². The van der Waals surface area contributed by atoms with Crippen LogP contribution in [0.4, 0.5) is 8.78 Å². The van der Waals surface area contributed by atoms with Crippen LogP contribution in [0, 0.1) is 23.7 Å². The molecule has 0 heterocycles. The summed E-state index contributed by atoms with van der Waals surface area (Å²) in [5, 5.41) is 0. The van der Waals surface area contributed by atoms with Gasteiger partial charge in [0, 0.05) is 11.1 Å². The van der Waals surface area contributed by atoms with Crippen LogP contribution >= 0.6 is 0 Å². The zero-order valence-corrected chi connectivity index (χ0v) is 22.1. The van der Waals surface area contributed by atoms with Crippen molar-refractivity contribution < 1.29 is 13.5 Å². The molecule has 1 fully saturated rings. The number of ether oxygens (including phenoxy) is 1. The Hall–Kier alpha value is -2.34. The molecule has 36 heavy (non-hydrogen) atoms. The summed E-state index contributed by atoms with van der Waals surface area (Å²) in [4.78, 5) is 0. The molecule has 0 saturated heterocycles. The molecular formula is C33H44F2O. The van der Waals surface area contributed by atoms with E-state index in [1.807, 2.05) is 0 Å². The maximum absolute atomic E-state index is 12.2. The number of unbranched alkanes of at least 4 members (excludes halogenated alkanes) is 7. The lowest BCUT2D eigenvalue weighted by Gasteiger charge is -2.28. The van der Waals surface area contributed by atoms with Crippen molar-refractivity contribution in [2.24, 2.45) is 11.8 Å². The maximum Gasteiger partial charge on any atom is 0.387 e. The monoisotopic (exact) mass is 494 g/mol. The third-order valence-electron chi connectivity index (χ3n) is 7.66. The molecule has 196 valence electrons. The lowest BCUT2D eigenvalue weighted by molar-refractivity contribution is -0.0498. The van der Waals surface area contributed by atoms with Crippen molar-refractivity contribution in [2.45, 2.75) is 110 Å². The van der Waals surface area contributed by atoms with Crippen LogP contribution in [0.25, 0.3) is 0 Å². The second kappa shape index (κ2) is 16.4. The van der Waals surface area contributed by atoms with E-state index in [1.54, 1.807) is 12.1 Å². The Labute approximate surface area is 218 Å². The minimum Gasteiger partial charge on any atom is -0.435 e. The van der Waals surface area contributed by atoms with Crippen LogP contribution in [-0.4, -0.2) is 6.61 Å². The lowest BCUT2D eigenvalue weighted by Crippen LogP contribution is -2.15. The summed E-state index contributed by atoms with van der Waals surface area (Å²) in [5.74, 6) is 8.26. The molecule has 0 atom stereocenters. The van der Waals surface area contributed by atoms with Crippen molar-refractivity contribution in [3.8, 4) is 17.6 Å². The molecule has 1 saturated carbocycles.